The molecule has 0 aromatic heterocycles. The average molecular weight is 401 g/mol. The smallest absolute Gasteiger partial charge is 0.325 e. The fourth-order valence-electron chi connectivity index (χ4n) is 4.61. The molecule has 8 heteroatoms. The number of rotatable bonds is 2. The summed E-state index contributed by atoms with van der Waals surface area (Å²) in [5.74, 6) is 0.122. The third-order valence-electron chi connectivity index (χ3n) is 6.41. The van der Waals surface area contributed by atoms with Crippen molar-refractivity contribution in [3.05, 3.63) is 0 Å². The number of nitrogens with zero attached hydrogens (tertiary/aromatic N) is 2. The zero-order chi connectivity index (χ0) is 19.1. The van der Waals surface area contributed by atoms with Gasteiger partial charge in [0.1, 0.15) is 12.1 Å². The number of imide groups is 1. The zero-order valence-electron chi connectivity index (χ0n) is 16.6. The van der Waals surface area contributed by atoms with E-state index in [2.05, 4.69) is 26.1 Å². The van der Waals surface area contributed by atoms with Crippen molar-refractivity contribution in [2.24, 2.45) is 17.1 Å². The molecule has 1 unspecified atom stereocenters. The maximum absolute atomic E-state index is 13.0. The van der Waals surface area contributed by atoms with E-state index in [1.165, 1.54) is 0 Å². The van der Waals surface area contributed by atoms with Crippen LogP contribution in [0.4, 0.5) is 4.79 Å². The molecule has 4 amide bonds. The molecular weight excluding hydrogens is 368 g/mol. The number of carbonyl (C=O) groups excluding carboxylic acids is 3. The molecule has 1 atom stereocenters. The summed E-state index contributed by atoms with van der Waals surface area (Å²) in [4.78, 5) is 40.7. The van der Waals surface area contributed by atoms with E-state index in [0.717, 1.165) is 30.6 Å². The molecule has 3 aliphatic rings. The molecule has 0 radical (unpaired) electrons. The van der Waals surface area contributed by atoms with E-state index in [4.69, 9.17) is 5.73 Å². The van der Waals surface area contributed by atoms with Crippen LogP contribution in [0.25, 0.3) is 0 Å². The van der Waals surface area contributed by atoms with Gasteiger partial charge in [-0.15, -0.1) is 12.4 Å². The minimum Gasteiger partial charge on any atom is -0.340 e. The van der Waals surface area contributed by atoms with Crippen LogP contribution in [-0.2, 0) is 9.59 Å². The van der Waals surface area contributed by atoms with Crippen LogP contribution in [0.1, 0.15) is 59.3 Å². The largest absolute Gasteiger partial charge is 0.340 e. The van der Waals surface area contributed by atoms with Crippen LogP contribution in [0, 0.1) is 11.3 Å². The monoisotopic (exact) mass is 400 g/mol. The van der Waals surface area contributed by atoms with Crippen LogP contribution in [0.15, 0.2) is 0 Å². The van der Waals surface area contributed by atoms with Crippen molar-refractivity contribution in [2.45, 2.75) is 70.9 Å². The Balaban J connectivity index is 0.00000261. The van der Waals surface area contributed by atoms with Crippen molar-refractivity contribution in [1.82, 2.24) is 15.1 Å². The molecule has 2 aliphatic heterocycles. The quantitative estimate of drug-likeness (QED) is 0.692. The van der Waals surface area contributed by atoms with E-state index in [9.17, 15) is 14.4 Å². The number of halogens is 1. The lowest BCUT2D eigenvalue weighted by molar-refractivity contribution is -0.140. The molecule has 3 rings (SSSR count). The molecule has 0 aromatic rings. The number of likely N-dealkylation sites (tertiary alicyclic amines) is 1. The number of urea groups is 1. The summed E-state index contributed by atoms with van der Waals surface area (Å²) in [7, 11) is 0. The van der Waals surface area contributed by atoms with Gasteiger partial charge in [0.2, 0.25) is 5.91 Å². The molecule has 1 aliphatic carbocycles. The Labute approximate surface area is 167 Å². The first-order valence-electron chi connectivity index (χ1n) is 9.80. The van der Waals surface area contributed by atoms with Crippen LogP contribution in [-0.4, -0.2) is 58.9 Å². The van der Waals surface area contributed by atoms with Gasteiger partial charge < -0.3 is 16.0 Å². The van der Waals surface area contributed by atoms with Crippen molar-refractivity contribution in [3.63, 3.8) is 0 Å². The van der Waals surface area contributed by atoms with Crippen LogP contribution >= 0.6 is 12.4 Å². The average Bonchev–Trinajstić information content (AvgIpc) is 2.78. The predicted octanol–water partition coefficient (Wildman–Crippen LogP) is 1.88. The van der Waals surface area contributed by atoms with Gasteiger partial charge in [-0.05, 0) is 49.9 Å². The molecule has 1 saturated carbocycles. The highest BCUT2D eigenvalue weighted by atomic mass is 35.5. The molecule has 7 nitrogen and oxygen atoms in total. The van der Waals surface area contributed by atoms with E-state index in [1.54, 1.807) is 4.90 Å². The van der Waals surface area contributed by atoms with E-state index in [0.29, 0.717) is 31.8 Å². The van der Waals surface area contributed by atoms with Gasteiger partial charge in [0.25, 0.3) is 5.91 Å². The molecule has 27 heavy (non-hydrogen) atoms. The summed E-state index contributed by atoms with van der Waals surface area (Å²) in [6.07, 6.45) is 4.91. The van der Waals surface area contributed by atoms with Crippen LogP contribution in [0.5, 0.6) is 0 Å². The van der Waals surface area contributed by atoms with Gasteiger partial charge in [0.05, 0.1) is 0 Å². The number of nitrogens with two attached hydrogens (primary N) is 1. The molecule has 2 heterocycles. The van der Waals surface area contributed by atoms with Crippen molar-refractivity contribution in [1.29, 1.82) is 0 Å². The van der Waals surface area contributed by atoms with Gasteiger partial charge in [-0.25, -0.2) is 4.79 Å². The highest BCUT2D eigenvalue weighted by molar-refractivity contribution is 6.09. The fraction of sp³-hybridized carbons (Fsp3) is 0.842. The van der Waals surface area contributed by atoms with E-state index >= 15 is 0 Å². The van der Waals surface area contributed by atoms with E-state index in [1.807, 2.05) is 0 Å². The number of amides is 4. The molecular formula is C19H33ClN4O3. The molecule has 3 fully saturated rings. The second kappa shape index (κ2) is 7.95. The van der Waals surface area contributed by atoms with Gasteiger partial charge in [-0.3, -0.25) is 14.5 Å². The third-order valence-corrected chi connectivity index (χ3v) is 6.41. The molecule has 0 bridgehead atoms. The fourth-order valence-corrected chi connectivity index (χ4v) is 4.61. The predicted molar refractivity (Wildman–Crippen MR) is 105 cm³/mol. The Bertz CT molecular complexity index is 596. The second-order valence-electron chi connectivity index (χ2n) is 9.29. The Morgan fingerprint density at radius 3 is 2.41 bits per heavy atom. The summed E-state index contributed by atoms with van der Waals surface area (Å²) in [5, 5.41) is 2.90. The summed E-state index contributed by atoms with van der Waals surface area (Å²) >= 11 is 0. The first kappa shape index (κ1) is 22.0. The number of piperidine rings is 1. The van der Waals surface area contributed by atoms with Crippen molar-refractivity contribution >= 4 is 30.3 Å². The SMILES string of the molecule is CC(C)(C)C1CCC2(CC1)NC(=O)N(CC(=O)N1CCCC(N)C1)C2=O.Cl. The molecule has 154 valence electrons. The van der Waals surface area contributed by atoms with E-state index < -0.39 is 11.6 Å². The minimum absolute atomic E-state index is 0. The van der Waals surface area contributed by atoms with Gasteiger partial charge in [-0.1, -0.05) is 20.8 Å². The lowest BCUT2D eigenvalue weighted by Crippen LogP contribution is -2.52. The first-order chi connectivity index (χ1) is 12.1. The summed E-state index contributed by atoms with van der Waals surface area (Å²) in [6.45, 7) is 7.63. The molecule has 3 N–H and O–H groups in total. The lowest BCUT2D eigenvalue weighted by Gasteiger charge is -2.40. The van der Waals surface area contributed by atoms with Crippen molar-refractivity contribution in [2.75, 3.05) is 19.6 Å². The third kappa shape index (κ3) is 4.40. The van der Waals surface area contributed by atoms with Gasteiger partial charge >= 0.3 is 6.03 Å². The maximum atomic E-state index is 13.0. The second-order valence-corrected chi connectivity index (χ2v) is 9.29. The Kier molecular flexibility index (Phi) is 6.47. The van der Waals surface area contributed by atoms with Gasteiger partial charge in [-0.2, -0.15) is 0 Å². The summed E-state index contributed by atoms with van der Waals surface area (Å²) < 4.78 is 0. The van der Waals surface area contributed by atoms with Crippen molar-refractivity contribution in [3.8, 4) is 0 Å². The molecule has 2 saturated heterocycles. The summed E-state index contributed by atoms with van der Waals surface area (Å²) in [6, 6.07) is -0.450. The summed E-state index contributed by atoms with van der Waals surface area (Å²) in [5.41, 5.74) is 5.33. The van der Waals surface area contributed by atoms with Crippen LogP contribution in [0.2, 0.25) is 0 Å². The number of carbonyl (C=O) groups is 3. The lowest BCUT2D eigenvalue weighted by atomic mass is 9.67. The normalized spacial score (nSPS) is 31.7. The maximum Gasteiger partial charge on any atom is 0.325 e. The van der Waals surface area contributed by atoms with Crippen LogP contribution in [0.3, 0.4) is 0 Å². The minimum atomic E-state index is -0.808. The molecule has 0 aromatic carbocycles. The highest BCUT2D eigenvalue weighted by Crippen LogP contribution is 2.43. The first-order valence-corrected chi connectivity index (χ1v) is 9.80. The topological polar surface area (TPSA) is 95.7 Å². The zero-order valence-corrected chi connectivity index (χ0v) is 17.4. The van der Waals surface area contributed by atoms with Crippen LogP contribution < -0.4 is 11.1 Å². The Hall–Kier alpha value is -1.34. The van der Waals surface area contributed by atoms with Gasteiger partial charge in [0, 0.05) is 19.1 Å². The molecule has 1 spiro atoms. The standard InChI is InChI=1S/C19H32N4O3.ClH/c1-18(2,3)13-6-8-19(9-7-13)16(25)23(17(26)21-19)12-15(24)22-10-4-5-14(20)11-22;/h13-14H,4-12,20H2,1-3H3,(H,21,26);1H. The number of hydrogen-bond donors (Lipinski definition) is 2. The number of nitrogens with one attached hydrogen (secondary N) is 1. The Morgan fingerprint density at radius 1 is 1.22 bits per heavy atom. The Morgan fingerprint density at radius 2 is 1.85 bits per heavy atom. The van der Waals surface area contributed by atoms with Gasteiger partial charge in [0.15, 0.2) is 0 Å². The van der Waals surface area contributed by atoms with E-state index in [-0.39, 0.29) is 42.2 Å². The highest BCUT2D eigenvalue weighted by Gasteiger charge is 2.53. The van der Waals surface area contributed by atoms with Crippen molar-refractivity contribution < 1.29 is 14.4 Å². The number of hydrogen-bond acceptors (Lipinski definition) is 4.